The number of unbranched alkanes of at least 4 members (excludes halogenated alkanes) is 2. The Morgan fingerprint density at radius 1 is 1.24 bits per heavy atom. The van der Waals surface area contributed by atoms with Crippen LogP contribution in [0.3, 0.4) is 0 Å². The van der Waals surface area contributed by atoms with Crippen LogP contribution in [0.15, 0.2) is 29.2 Å². The van der Waals surface area contributed by atoms with Crippen molar-refractivity contribution in [3.8, 4) is 0 Å². The lowest BCUT2D eigenvalue weighted by atomic mass is 10.2. The van der Waals surface area contributed by atoms with Gasteiger partial charge in [-0.1, -0.05) is 54.1 Å². The molecule has 1 aliphatic rings. The van der Waals surface area contributed by atoms with E-state index in [-0.39, 0.29) is 24.3 Å². The fourth-order valence-corrected chi connectivity index (χ4v) is 3.97. The lowest BCUT2D eigenvalue weighted by molar-refractivity contribution is -0.144. The number of benzene rings is 1. The molecule has 1 heterocycles. The molecule has 160 valence electrons. The van der Waals surface area contributed by atoms with E-state index in [1.807, 2.05) is 37.2 Å². The highest BCUT2D eigenvalue weighted by atomic mass is 35.5. The summed E-state index contributed by atoms with van der Waals surface area (Å²) in [6, 6.07) is 7.32. The number of hydrogen-bond acceptors (Lipinski definition) is 6. The minimum atomic E-state index is -0.168. The van der Waals surface area contributed by atoms with Crippen LogP contribution in [0.2, 0.25) is 5.02 Å². The van der Waals surface area contributed by atoms with E-state index in [9.17, 15) is 9.59 Å². The molecule has 0 atom stereocenters. The second kappa shape index (κ2) is 13.2. The molecule has 1 fully saturated rings. The van der Waals surface area contributed by atoms with Gasteiger partial charge in [0.05, 0.1) is 4.91 Å². The summed E-state index contributed by atoms with van der Waals surface area (Å²) in [4.78, 5) is 28.4. The third-order valence-corrected chi connectivity index (χ3v) is 5.74. The molecule has 5 nitrogen and oxygen atoms in total. The molecule has 1 amide bonds. The van der Waals surface area contributed by atoms with Gasteiger partial charge < -0.3 is 9.64 Å². The quantitative estimate of drug-likeness (QED) is 0.212. The van der Waals surface area contributed by atoms with E-state index in [1.54, 1.807) is 17.0 Å². The van der Waals surface area contributed by atoms with Crippen LogP contribution in [-0.2, 0) is 14.3 Å². The van der Waals surface area contributed by atoms with Crippen molar-refractivity contribution < 1.29 is 14.3 Å². The van der Waals surface area contributed by atoms with E-state index in [0.29, 0.717) is 33.8 Å². The highest BCUT2D eigenvalue weighted by Gasteiger charge is 2.31. The van der Waals surface area contributed by atoms with Crippen molar-refractivity contribution in [2.75, 3.05) is 33.8 Å². The summed E-state index contributed by atoms with van der Waals surface area (Å²) < 4.78 is 5.74. The summed E-state index contributed by atoms with van der Waals surface area (Å²) in [6.45, 7) is 1.71. The van der Waals surface area contributed by atoms with Gasteiger partial charge in [0.15, 0.2) is 0 Å². The molecule has 1 aromatic carbocycles. The lowest BCUT2D eigenvalue weighted by Gasteiger charge is -2.14. The summed E-state index contributed by atoms with van der Waals surface area (Å²) in [6.07, 6.45) is 4.62. The van der Waals surface area contributed by atoms with Gasteiger partial charge in [0.1, 0.15) is 10.9 Å². The van der Waals surface area contributed by atoms with Gasteiger partial charge in [-0.25, -0.2) is 0 Å². The number of rotatable bonds is 10. The Bertz CT molecular complexity index is 740. The number of amides is 1. The van der Waals surface area contributed by atoms with E-state index in [1.165, 1.54) is 11.8 Å². The summed E-state index contributed by atoms with van der Waals surface area (Å²) in [5.41, 5.74) is 0.915. The molecule has 0 aromatic heterocycles. The van der Waals surface area contributed by atoms with Crippen LogP contribution < -0.4 is 0 Å². The van der Waals surface area contributed by atoms with Crippen molar-refractivity contribution in [3.05, 3.63) is 39.8 Å². The fourth-order valence-electron chi connectivity index (χ4n) is 2.53. The second-order valence-corrected chi connectivity index (χ2v) is 8.83. The molecule has 0 spiro atoms. The van der Waals surface area contributed by atoms with Crippen molar-refractivity contribution in [1.29, 1.82) is 0 Å². The monoisotopic (exact) mass is 476 g/mol. The van der Waals surface area contributed by atoms with Gasteiger partial charge in [-0.3, -0.25) is 14.5 Å². The molecule has 29 heavy (non-hydrogen) atoms. The normalized spacial score (nSPS) is 15.2. The van der Waals surface area contributed by atoms with E-state index in [4.69, 9.17) is 28.6 Å². The average molecular weight is 477 g/mol. The molecule has 1 aliphatic heterocycles. The van der Waals surface area contributed by atoms with Crippen LogP contribution in [-0.4, -0.2) is 59.8 Å². The summed E-state index contributed by atoms with van der Waals surface area (Å²) in [7, 11) is 3.87. The summed E-state index contributed by atoms with van der Waals surface area (Å²) in [5, 5.41) is 0.659. The molecule has 2 rings (SSSR count). The molecular formula is C20H26Cl2N2O3S2. The van der Waals surface area contributed by atoms with Crippen molar-refractivity contribution in [2.24, 2.45) is 0 Å². The molecular weight excluding hydrogens is 451 g/mol. The zero-order valence-electron chi connectivity index (χ0n) is 16.6. The first-order chi connectivity index (χ1) is 13.4. The minimum Gasteiger partial charge on any atom is -0.464 e. The van der Waals surface area contributed by atoms with Crippen molar-refractivity contribution >= 4 is 70.3 Å². The predicted octanol–water partition coefficient (Wildman–Crippen LogP) is 4.63. The maximum Gasteiger partial charge on any atom is 0.305 e. The van der Waals surface area contributed by atoms with Crippen LogP contribution in [0, 0.1) is 0 Å². The van der Waals surface area contributed by atoms with Crippen LogP contribution in [0.25, 0.3) is 6.08 Å². The lowest BCUT2D eigenvalue weighted by Crippen LogP contribution is -2.29. The Morgan fingerprint density at radius 3 is 2.59 bits per heavy atom. The number of halogens is 2. The van der Waals surface area contributed by atoms with Crippen molar-refractivity contribution in [1.82, 2.24) is 9.80 Å². The number of carbonyl (C=O) groups is 2. The smallest absolute Gasteiger partial charge is 0.305 e. The Balaban J connectivity index is 0.00000420. The highest BCUT2D eigenvalue weighted by molar-refractivity contribution is 8.26. The number of likely N-dealkylation sites (N-methyl/N-ethyl adjacent to an activating group) is 1. The molecule has 0 aliphatic carbocycles. The van der Waals surface area contributed by atoms with Gasteiger partial charge in [0.2, 0.25) is 0 Å². The van der Waals surface area contributed by atoms with Crippen LogP contribution in [0.1, 0.15) is 31.2 Å². The van der Waals surface area contributed by atoms with Gasteiger partial charge in [-0.2, -0.15) is 0 Å². The second-order valence-electron chi connectivity index (χ2n) is 6.72. The number of thiocarbonyl (C=S) groups is 1. The molecule has 9 heteroatoms. The molecule has 0 N–H and O–H groups in total. The van der Waals surface area contributed by atoms with Crippen molar-refractivity contribution in [3.63, 3.8) is 0 Å². The minimum absolute atomic E-state index is 0. The molecule has 0 saturated carbocycles. The number of thioether (sulfide) groups is 1. The number of hydrogen-bond donors (Lipinski definition) is 0. The topological polar surface area (TPSA) is 49.9 Å². The zero-order chi connectivity index (χ0) is 20.5. The standard InChI is InChI=1S/C20H25ClN2O3S2.ClH/c1-22(2)12-13-26-18(24)6-4-3-5-11-23-19(25)17(28-20(23)27)14-15-7-9-16(21)10-8-15;/h7-10,14H,3-6,11-13H2,1-2H3;1H/b17-14-;. The van der Waals surface area contributed by atoms with Gasteiger partial charge in [-0.05, 0) is 50.7 Å². The Labute approximate surface area is 193 Å². The van der Waals surface area contributed by atoms with E-state index < -0.39 is 0 Å². The summed E-state index contributed by atoms with van der Waals surface area (Å²) in [5.74, 6) is -0.230. The predicted molar refractivity (Wildman–Crippen MR) is 127 cm³/mol. The van der Waals surface area contributed by atoms with E-state index in [2.05, 4.69) is 0 Å². The first-order valence-electron chi connectivity index (χ1n) is 9.18. The molecule has 0 radical (unpaired) electrons. The SMILES string of the molecule is CN(C)CCOC(=O)CCCCCN1C(=O)/C(=C/c2ccc(Cl)cc2)SC1=S.Cl. The number of esters is 1. The first-order valence-corrected chi connectivity index (χ1v) is 10.8. The van der Waals surface area contributed by atoms with Crippen LogP contribution in [0.4, 0.5) is 0 Å². The zero-order valence-corrected chi connectivity index (χ0v) is 19.8. The molecule has 0 bridgehead atoms. The molecule has 0 unspecified atom stereocenters. The van der Waals surface area contributed by atoms with E-state index in [0.717, 1.165) is 31.4 Å². The Morgan fingerprint density at radius 2 is 1.93 bits per heavy atom. The summed E-state index contributed by atoms with van der Waals surface area (Å²) >= 11 is 12.6. The molecule has 1 saturated heterocycles. The first kappa shape index (κ1) is 25.9. The maximum atomic E-state index is 12.6. The number of carbonyl (C=O) groups excluding carboxylic acids is 2. The third-order valence-electron chi connectivity index (χ3n) is 4.11. The van der Waals surface area contributed by atoms with Crippen LogP contribution >= 0.6 is 48.0 Å². The number of ether oxygens (including phenoxy) is 1. The van der Waals surface area contributed by atoms with Crippen molar-refractivity contribution in [2.45, 2.75) is 25.7 Å². The highest BCUT2D eigenvalue weighted by Crippen LogP contribution is 2.32. The van der Waals surface area contributed by atoms with Gasteiger partial charge in [0, 0.05) is 24.5 Å². The van der Waals surface area contributed by atoms with E-state index >= 15 is 0 Å². The van der Waals surface area contributed by atoms with Gasteiger partial charge in [-0.15, -0.1) is 12.4 Å². The van der Waals surface area contributed by atoms with Gasteiger partial charge >= 0.3 is 5.97 Å². The maximum absolute atomic E-state index is 12.6. The molecule has 1 aromatic rings. The average Bonchev–Trinajstić information content (AvgIpc) is 2.90. The van der Waals surface area contributed by atoms with Gasteiger partial charge in [0.25, 0.3) is 5.91 Å². The Hall–Kier alpha value is -1.12. The number of nitrogens with zero attached hydrogens (tertiary/aromatic N) is 2. The Kier molecular flexibility index (Phi) is 11.8. The third kappa shape index (κ3) is 9.05. The fraction of sp³-hybridized carbons (Fsp3) is 0.450. The largest absolute Gasteiger partial charge is 0.464 e. The van der Waals surface area contributed by atoms with Crippen LogP contribution in [0.5, 0.6) is 0 Å².